The highest BCUT2D eigenvalue weighted by Crippen LogP contribution is 2.39. The molecule has 1 aliphatic carbocycles. The number of rotatable bonds is 6. The SMILES string of the molecule is CCCc1nc(CN2CCC[C@H](c3noc(C4CC4)n3)C2)cs1. The van der Waals surface area contributed by atoms with Crippen LogP contribution in [0.25, 0.3) is 0 Å². The predicted octanol–water partition coefficient (Wildman–Crippen LogP) is 3.74. The molecule has 0 bridgehead atoms. The van der Waals surface area contributed by atoms with Crippen molar-refractivity contribution in [2.24, 2.45) is 0 Å². The van der Waals surface area contributed by atoms with E-state index in [1.165, 1.54) is 36.4 Å². The van der Waals surface area contributed by atoms with Crippen LogP contribution in [0.5, 0.6) is 0 Å². The highest BCUT2D eigenvalue weighted by Gasteiger charge is 2.32. The van der Waals surface area contributed by atoms with Crippen LogP contribution in [0.2, 0.25) is 0 Å². The van der Waals surface area contributed by atoms with Crippen LogP contribution in [0.15, 0.2) is 9.90 Å². The van der Waals surface area contributed by atoms with Crippen molar-refractivity contribution in [1.82, 2.24) is 20.0 Å². The molecule has 0 amide bonds. The highest BCUT2D eigenvalue weighted by atomic mass is 32.1. The lowest BCUT2D eigenvalue weighted by molar-refractivity contribution is 0.193. The Hall–Kier alpha value is -1.27. The Kier molecular flexibility index (Phi) is 4.44. The number of nitrogens with zero attached hydrogens (tertiary/aromatic N) is 4. The summed E-state index contributed by atoms with van der Waals surface area (Å²) in [6.07, 6.45) is 7.05. The van der Waals surface area contributed by atoms with Crippen LogP contribution in [0.3, 0.4) is 0 Å². The normalized spacial score (nSPS) is 22.6. The fourth-order valence-electron chi connectivity index (χ4n) is 3.30. The van der Waals surface area contributed by atoms with Crippen molar-refractivity contribution in [2.45, 2.75) is 63.8 Å². The average Bonchev–Trinajstić information content (AvgIpc) is 3.13. The van der Waals surface area contributed by atoms with Crippen LogP contribution < -0.4 is 0 Å². The molecule has 1 aliphatic heterocycles. The van der Waals surface area contributed by atoms with Crippen LogP contribution >= 0.6 is 11.3 Å². The second-order valence-electron chi connectivity index (χ2n) is 6.82. The number of thiazole rings is 1. The van der Waals surface area contributed by atoms with E-state index in [1.54, 1.807) is 11.3 Å². The Morgan fingerprint density at radius 1 is 1.26 bits per heavy atom. The van der Waals surface area contributed by atoms with E-state index in [2.05, 4.69) is 27.3 Å². The third kappa shape index (κ3) is 3.63. The average molecular weight is 332 g/mol. The van der Waals surface area contributed by atoms with Crippen molar-refractivity contribution in [3.63, 3.8) is 0 Å². The summed E-state index contributed by atoms with van der Waals surface area (Å²) < 4.78 is 5.44. The zero-order chi connectivity index (χ0) is 15.6. The number of hydrogen-bond donors (Lipinski definition) is 0. The molecule has 4 rings (SSSR count). The van der Waals surface area contributed by atoms with E-state index < -0.39 is 0 Å². The van der Waals surface area contributed by atoms with Gasteiger partial charge >= 0.3 is 0 Å². The first-order valence-corrected chi connectivity index (χ1v) is 9.69. The molecule has 0 spiro atoms. The van der Waals surface area contributed by atoms with Crippen molar-refractivity contribution in [1.29, 1.82) is 0 Å². The summed E-state index contributed by atoms with van der Waals surface area (Å²) in [4.78, 5) is 11.9. The van der Waals surface area contributed by atoms with Gasteiger partial charge < -0.3 is 4.52 Å². The van der Waals surface area contributed by atoms with E-state index >= 15 is 0 Å². The number of hydrogen-bond acceptors (Lipinski definition) is 6. The van der Waals surface area contributed by atoms with Crippen LogP contribution in [0.4, 0.5) is 0 Å². The smallest absolute Gasteiger partial charge is 0.229 e. The van der Waals surface area contributed by atoms with Gasteiger partial charge in [-0.1, -0.05) is 12.1 Å². The third-order valence-electron chi connectivity index (χ3n) is 4.70. The quantitative estimate of drug-likeness (QED) is 0.806. The number of piperidine rings is 1. The molecular weight excluding hydrogens is 308 g/mol. The van der Waals surface area contributed by atoms with Gasteiger partial charge in [0.05, 0.1) is 10.7 Å². The maximum absolute atomic E-state index is 5.44. The van der Waals surface area contributed by atoms with E-state index in [9.17, 15) is 0 Å². The first kappa shape index (κ1) is 15.3. The summed E-state index contributed by atoms with van der Waals surface area (Å²) in [5.41, 5.74) is 1.21. The van der Waals surface area contributed by atoms with Gasteiger partial charge in [0.25, 0.3) is 0 Å². The maximum Gasteiger partial charge on any atom is 0.229 e. The molecule has 5 nitrogen and oxygen atoms in total. The van der Waals surface area contributed by atoms with Gasteiger partial charge in [-0.15, -0.1) is 11.3 Å². The Bertz CT molecular complexity index is 649. The molecule has 3 heterocycles. The third-order valence-corrected chi connectivity index (χ3v) is 5.66. The van der Waals surface area contributed by atoms with E-state index in [1.807, 2.05) is 0 Å². The fourth-order valence-corrected chi connectivity index (χ4v) is 4.19. The minimum atomic E-state index is 0.411. The molecule has 1 saturated heterocycles. The predicted molar refractivity (Wildman–Crippen MR) is 89.6 cm³/mol. The van der Waals surface area contributed by atoms with Crippen LogP contribution in [-0.4, -0.2) is 33.1 Å². The van der Waals surface area contributed by atoms with Gasteiger partial charge in [0.1, 0.15) is 0 Å². The van der Waals surface area contributed by atoms with Crippen molar-refractivity contribution in [3.8, 4) is 0 Å². The van der Waals surface area contributed by atoms with Gasteiger partial charge in [0.15, 0.2) is 5.82 Å². The second-order valence-corrected chi connectivity index (χ2v) is 7.76. The number of aryl methyl sites for hydroxylation is 1. The van der Waals surface area contributed by atoms with Crippen molar-refractivity contribution in [3.05, 3.63) is 27.8 Å². The van der Waals surface area contributed by atoms with E-state index in [0.29, 0.717) is 11.8 Å². The molecule has 2 aliphatic rings. The topological polar surface area (TPSA) is 55.1 Å². The summed E-state index contributed by atoms with van der Waals surface area (Å²) in [6, 6.07) is 0. The van der Waals surface area contributed by atoms with Crippen LogP contribution in [0.1, 0.15) is 73.3 Å². The maximum atomic E-state index is 5.44. The fraction of sp³-hybridized carbons (Fsp3) is 0.706. The molecule has 1 atom stereocenters. The molecule has 6 heteroatoms. The zero-order valence-corrected chi connectivity index (χ0v) is 14.5. The van der Waals surface area contributed by atoms with Gasteiger partial charge in [-0.3, -0.25) is 4.90 Å². The zero-order valence-electron chi connectivity index (χ0n) is 13.7. The molecule has 1 saturated carbocycles. The molecule has 0 N–H and O–H groups in total. The summed E-state index contributed by atoms with van der Waals surface area (Å²) in [7, 11) is 0. The second kappa shape index (κ2) is 6.69. The van der Waals surface area contributed by atoms with E-state index in [-0.39, 0.29) is 0 Å². The van der Waals surface area contributed by atoms with Gasteiger partial charge in [0, 0.05) is 30.3 Å². The minimum absolute atomic E-state index is 0.411. The van der Waals surface area contributed by atoms with E-state index in [4.69, 9.17) is 9.51 Å². The number of aromatic nitrogens is 3. The monoisotopic (exact) mass is 332 g/mol. The lowest BCUT2D eigenvalue weighted by Gasteiger charge is -2.30. The molecule has 2 aromatic rings. The Labute approximate surface area is 141 Å². The Morgan fingerprint density at radius 3 is 3.00 bits per heavy atom. The van der Waals surface area contributed by atoms with Gasteiger partial charge in [0.2, 0.25) is 5.89 Å². The summed E-state index contributed by atoms with van der Waals surface area (Å²) in [6.45, 7) is 5.32. The van der Waals surface area contributed by atoms with Crippen LogP contribution in [-0.2, 0) is 13.0 Å². The standard InChI is InChI=1S/C17H24N4OS/c1-2-4-15-18-14(11-23-15)10-21-8-3-5-13(9-21)16-19-17(22-20-16)12-6-7-12/h11-13H,2-10H2,1H3/t13-/m0/s1. The molecule has 23 heavy (non-hydrogen) atoms. The largest absolute Gasteiger partial charge is 0.339 e. The molecule has 0 aromatic carbocycles. The number of likely N-dealkylation sites (tertiary alicyclic amines) is 1. The van der Waals surface area contributed by atoms with Gasteiger partial charge in [-0.2, -0.15) is 4.98 Å². The first-order chi connectivity index (χ1) is 11.3. The lowest BCUT2D eigenvalue weighted by Crippen LogP contribution is -2.34. The molecule has 2 aromatic heterocycles. The van der Waals surface area contributed by atoms with Crippen LogP contribution in [0, 0.1) is 0 Å². The van der Waals surface area contributed by atoms with Gasteiger partial charge in [-0.25, -0.2) is 4.98 Å². The molecule has 124 valence electrons. The van der Waals surface area contributed by atoms with Crippen molar-refractivity contribution in [2.75, 3.05) is 13.1 Å². The van der Waals surface area contributed by atoms with Crippen molar-refractivity contribution < 1.29 is 4.52 Å². The highest BCUT2D eigenvalue weighted by molar-refractivity contribution is 7.09. The van der Waals surface area contributed by atoms with Crippen molar-refractivity contribution >= 4 is 11.3 Å². The lowest BCUT2D eigenvalue weighted by atomic mass is 9.97. The van der Waals surface area contributed by atoms with E-state index in [0.717, 1.165) is 44.2 Å². The summed E-state index contributed by atoms with van der Waals surface area (Å²) in [5, 5.41) is 7.73. The van der Waals surface area contributed by atoms with Gasteiger partial charge in [-0.05, 0) is 45.1 Å². The molecule has 0 unspecified atom stereocenters. The Morgan fingerprint density at radius 2 is 2.17 bits per heavy atom. The molecular formula is C17H24N4OS. The minimum Gasteiger partial charge on any atom is -0.339 e. The molecule has 2 fully saturated rings. The molecule has 0 radical (unpaired) electrons. The Balaban J connectivity index is 1.37. The summed E-state index contributed by atoms with van der Waals surface area (Å²) in [5.74, 6) is 2.74. The first-order valence-electron chi connectivity index (χ1n) is 8.81. The summed E-state index contributed by atoms with van der Waals surface area (Å²) >= 11 is 1.80.